The molecule has 0 spiro atoms. The number of thiophene rings is 1. The Hall–Kier alpha value is -1.66. The molecule has 0 aliphatic heterocycles. The molecular weight excluding hydrogens is 396 g/mol. The van der Waals surface area contributed by atoms with Crippen molar-refractivity contribution in [3.63, 3.8) is 0 Å². The third-order valence-corrected chi connectivity index (χ3v) is 6.26. The van der Waals surface area contributed by atoms with Gasteiger partial charge >= 0.3 is 5.97 Å². The molecule has 0 bridgehead atoms. The van der Waals surface area contributed by atoms with E-state index >= 15 is 0 Å². The first-order valence-electron chi connectivity index (χ1n) is 6.87. The molecule has 0 saturated carbocycles. The first-order valence-corrected chi connectivity index (χ1v) is 9.56. The van der Waals surface area contributed by atoms with Crippen LogP contribution in [0.15, 0.2) is 20.9 Å². The number of aromatic carboxylic acids is 1. The first-order chi connectivity index (χ1) is 11.8. The highest BCUT2D eigenvalue weighted by molar-refractivity contribution is 7.93. The van der Waals surface area contributed by atoms with E-state index in [1.807, 2.05) is 0 Å². The van der Waals surface area contributed by atoms with Gasteiger partial charge in [0.05, 0.1) is 0 Å². The standard InChI is InChI=1S/C13H15ClN2O7S2/c1-4-22-13(21-3)16(11-9(14)7(2)15-23-11)25(19,20)8-5-6-24-10(8)12(17)18/h5-6,13H,4H2,1-3H3,(H,17,18). The fraction of sp³-hybridized carbons (Fsp3) is 0.385. The van der Waals surface area contributed by atoms with Crippen LogP contribution in [-0.2, 0) is 19.5 Å². The van der Waals surface area contributed by atoms with Crippen LogP contribution in [-0.4, -0.2) is 44.8 Å². The summed E-state index contributed by atoms with van der Waals surface area (Å²) >= 11 is 6.86. The summed E-state index contributed by atoms with van der Waals surface area (Å²) in [6.45, 7) is 3.28. The normalized spacial score (nSPS) is 13.0. The topological polar surface area (TPSA) is 119 Å². The van der Waals surface area contributed by atoms with Gasteiger partial charge in [-0.15, -0.1) is 11.3 Å². The van der Waals surface area contributed by atoms with E-state index in [0.29, 0.717) is 4.31 Å². The molecule has 2 heterocycles. The summed E-state index contributed by atoms with van der Waals surface area (Å²) in [4.78, 5) is 10.5. The summed E-state index contributed by atoms with van der Waals surface area (Å²) in [5.41, 5.74) is 0.256. The molecule has 1 atom stereocenters. The zero-order valence-electron chi connectivity index (χ0n) is 13.4. The van der Waals surface area contributed by atoms with Gasteiger partial charge in [-0.05, 0) is 25.3 Å². The molecule has 0 aliphatic carbocycles. The van der Waals surface area contributed by atoms with E-state index in [1.54, 1.807) is 6.92 Å². The van der Waals surface area contributed by atoms with Crippen molar-refractivity contribution in [3.05, 3.63) is 27.0 Å². The van der Waals surface area contributed by atoms with E-state index in [2.05, 4.69) is 5.16 Å². The van der Waals surface area contributed by atoms with Gasteiger partial charge in [0.15, 0.2) is 0 Å². The van der Waals surface area contributed by atoms with Crippen LogP contribution in [0.2, 0.25) is 5.02 Å². The van der Waals surface area contributed by atoms with Gasteiger partial charge in [-0.2, -0.15) is 4.31 Å². The molecule has 25 heavy (non-hydrogen) atoms. The minimum atomic E-state index is -4.43. The van der Waals surface area contributed by atoms with Gasteiger partial charge in [0.1, 0.15) is 20.5 Å². The molecule has 0 aliphatic rings. The van der Waals surface area contributed by atoms with Crippen LogP contribution in [0.25, 0.3) is 0 Å². The molecule has 0 amide bonds. The monoisotopic (exact) mass is 410 g/mol. The predicted octanol–water partition coefficient (Wildman–Crippen LogP) is 2.56. The molecule has 9 nitrogen and oxygen atoms in total. The Morgan fingerprint density at radius 1 is 1.56 bits per heavy atom. The van der Waals surface area contributed by atoms with Crippen LogP contribution in [0, 0.1) is 6.92 Å². The number of rotatable bonds is 8. The Kier molecular flexibility index (Phi) is 6.06. The molecule has 0 saturated heterocycles. The van der Waals surface area contributed by atoms with Crippen molar-refractivity contribution >= 4 is 44.8 Å². The van der Waals surface area contributed by atoms with Gasteiger partial charge in [0.25, 0.3) is 22.3 Å². The first kappa shape index (κ1) is 19.7. The third-order valence-electron chi connectivity index (χ3n) is 3.04. The number of halogens is 1. The van der Waals surface area contributed by atoms with Crippen LogP contribution < -0.4 is 4.31 Å². The number of ether oxygens (including phenoxy) is 2. The SMILES string of the molecule is CCOC(OC)N(c1onc(C)c1Cl)S(=O)(=O)c1ccsc1C(=O)O. The summed E-state index contributed by atoms with van der Waals surface area (Å²) in [5.74, 6) is -1.71. The molecule has 0 aromatic carbocycles. The molecule has 2 aromatic heterocycles. The number of carboxylic acids is 1. The Morgan fingerprint density at radius 2 is 2.24 bits per heavy atom. The van der Waals surface area contributed by atoms with Gasteiger partial charge < -0.3 is 19.1 Å². The van der Waals surface area contributed by atoms with Crippen molar-refractivity contribution in [1.82, 2.24) is 5.16 Å². The van der Waals surface area contributed by atoms with Gasteiger partial charge in [-0.25, -0.2) is 13.2 Å². The molecule has 1 N–H and O–H groups in total. The minimum Gasteiger partial charge on any atom is -0.477 e. The smallest absolute Gasteiger partial charge is 0.347 e. The average molecular weight is 411 g/mol. The number of sulfonamides is 1. The number of aromatic nitrogens is 1. The summed E-state index contributed by atoms with van der Waals surface area (Å²) in [5, 5.41) is 14.2. The van der Waals surface area contributed by atoms with Crippen molar-refractivity contribution in [2.75, 3.05) is 18.0 Å². The molecule has 12 heteroatoms. The number of carboxylic acid groups (broad SMARTS) is 1. The highest BCUT2D eigenvalue weighted by Gasteiger charge is 2.40. The molecular formula is C13H15ClN2O7S2. The second-order valence-electron chi connectivity index (χ2n) is 4.61. The Balaban J connectivity index is 2.67. The maximum Gasteiger partial charge on any atom is 0.347 e. The summed E-state index contributed by atoms with van der Waals surface area (Å²) in [7, 11) is -3.21. The molecule has 2 aromatic rings. The molecule has 0 radical (unpaired) electrons. The largest absolute Gasteiger partial charge is 0.477 e. The van der Waals surface area contributed by atoms with E-state index in [1.165, 1.54) is 25.5 Å². The zero-order chi connectivity index (χ0) is 18.8. The Labute approximate surface area is 152 Å². The number of hydrogen-bond donors (Lipinski definition) is 1. The fourth-order valence-electron chi connectivity index (χ4n) is 1.94. The van der Waals surface area contributed by atoms with E-state index in [0.717, 1.165) is 11.3 Å². The number of carbonyl (C=O) groups is 1. The van der Waals surface area contributed by atoms with Crippen molar-refractivity contribution in [3.8, 4) is 0 Å². The van der Waals surface area contributed by atoms with E-state index in [-0.39, 0.29) is 28.1 Å². The third kappa shape index (κ3) is 3.65. The highest BCUT2D eigenvalue weighted by atomic mass is 35.5. The van der Waals surface area contributed by atoms with Crippen molar-refractivity contribution < 1.29 is 32.3 Å². The number of nitrogens with zero attached hydrogens (tertiary/aromatic N) is 2. The zero-order valence-corrected chi connectivity index (χ0v) is 15.8. The van der Waals surface area contributed by atoms with Gasteiger partial charge in [0, 0.05) is 13.7 Å². The van der Waals surface area contributed by atoms with Gasteiger partial charge in [-0.3, -0.25) is 0 Å². The summed E-state index contributed by atoms with van der Waals surface area (Å²) in [6, 6.07) is 1.17. The quantitative estimate of drug-likeness (QED) is 0.659. The maximum absolute atomic E-state index is 13.1. The minimum absolute atomic E-state index is 0.0579. The van der Waals surface area contributed by atoms with Crippen LogP contribution in [0.4, 0.5) is 5.88 Å². The van der Waals surface area contributed by atoms with Crippen molar-refractivity contribution in [2.24, 2.45) is 0 Å². The fourth-order valence-corrected chi connectivity index (χ4v) is 4.81. The average Bonchev–Trinajstić information content (AvgIpc) is 3.17. The van der Waals surface area contributed by atoms with E-state index < -0.39 is 27.3 Å². The van der Waals surface area contributed by atoms with E-state index in [4.69, 9.17) is 25.6 Å². The lowest BCUT2D eigenvalue weighted by Crippen LogP contribution is -2.43. The van der Waals surface area contributed by atoms with Crippen LogP contribution in [0.3, 0.4) is 0 Å². The summed E-state index contributed by atoms with van der Waals surface area (Å²) < 4.78 is 42.3. The lowest BCUT2D eigenvalue weighted by atomic mass is 10.5. The number of hydrogen-bond acceptors (Lipinski definition) is 8. The van der Waals surface area contributed by atoms with E-state index in [9.17, 15) is 18.3 Å². The predicted molar refractivity (Wildman–Crippen MR) is 89.6 cm³/mol. The molecule has 1 unspecified atom stereocenters. The van der Waals surface area contributed by atoms with Crippen LogP contribution in [0.1, 0.15) is 22.3 Å². The lowest BCUT2D eigenvalue weighted by Gasteiger charge is -2.28. The Bertz CT molecular complexity index is 862. The van der Waals surface area contributed by atoms with Crippen molar-refractivity contribution in [1.29, 1.82) is 0 Å². The second kappa shape index (κ2) is 7.70. The number of methoxy groups -OCH3 is 1. The van der Waals surface area contributed by atoms with Crippen LogP contribution >= 0.6 is 22.9 Å². The van der Waals surface area contributed by atoms with Crippen molar-refractivity contribution in [2.45, 2.75) is 25.2 Å². The number of aryl methyl sites for hydroxylation is 1. The summed E-state index contributed by atoms with van der Waals surface area (Å²) in [6.07, 6.45) is -1.43. The van der Waals surface area contributed by atoms with Crippen LogP contribution in [0.5, 0.6) is 0 Å². The molecule has 138 valence electrons. The Morgan fingerprint density at radius 3 is 2.72 bits per heavy atom. The second-order valence-corrected chi connectivity index (χ2v) is 7.68. The highest BCUT2D eigenvalue weighted by Crippen LogP contribution is 2.36. The number of anilines is 1. The van der Waals surface area contributed by atoms with Gasteiger partial charge in [0.2, 0.25) is 0 Å². The maximum atomic E-state index is 13.1. The van der Waals surface area contributed by atoms with Gasteiger partial charge in [-0.1, -0.05) is 16.8 Å². The lowest BCUT2D eigenvalue weighted by molar-refractivity contribution is -0.112. The molecule has 2 rings (SSSR count). The molecule has 0 fully saturated rings.